The number of rotatable bonds is 4. The number of hydrogen-bond donors (Lipinski definition) is 0. The lowest BCUT2D eigenvalue weighted by Gasteiger charge is -2.28. The molecule has 0 amide bonds. The molecule has 0 heterocycles. The topological polar surface area (TPSA) is 0 Å². The molecule has 0 nitrogen and oxygen atoms in total. The predicted octanol–water partition coefficient (Wildman–Crippen LogP) is 4.39. The van der Waals surface area contributed by atoms with Gasteiger partial charge in [0.2, 0.25) is 0 Å². The third-order valence-electron chi connectivity index (χ3n) is 3.29. The van der Waals surface area contributed by atoms with Crippen LogP contribution in [0.15, 0.2) is 0 Å². The Balaban J connectivity index is 2.20. The molecule has 0 saturated heterocycles. The van der Waals surface area contributed by atoms with Gasteiger partial charge >= 0.3 is 0 Å². The summed E-state index contributed by atoms with van der Waals surface area (Å²) in [6.45, 7) is 4.65. The highest BCUT2D eigenvalue weighted by Crippen LogP contribution is 2.33. The molecule has 0 spiro atoms. The van der Waals surface area contributed by atoms with Gasteiger partial charge in [0, 0.05) is 0 Å². The Morgan fingerprint density at radius 3 is 1.83 bits per heavy atom. The van der Waals surface area contributed by atoms with E-state index in [0.717, 1.165) is 11.8 Å². The monoisotopic (exact) mass is 168 g/mol. The van der Waals surface area contributed by atoms with Crippen molar-refractivity contribution >= 4 is 0 Å². The quantitative estimate of drug-likeness (QED) is 0.584. The van der Waals surface area contributed by atoms with Crippen molar-refractivity contribution in [1.82, 2.24) is 0 Å². The van der Waals surface area contributed by atoms with Gasteiger partial charge in [-0.15, -0.1) is 0 Å². The van der Waals surface area contributed by atoms with Gasteiger partial charge in [-0.25, -0.2) is 0 Å². The zero-order chi connectivity index (χ0) is 8.81. The summed E-state index contributed by atoms with van der Waals surface area (Å²) in [6, 6.07) is 0. The van der Waals surface area contributed by atoms with Gasteiger partial charge in [0.05, 0.1) is 0 Å². The van der Waals surface area contributed by atoms with Gasteiger partial charge < -0.3 is 0 Å². The van der Waals surface area contributed by atoms with Gasteiger partial charge in [-0.1, -0.05) is 58.8 Å². The van der Waals surface area contributed by atoms with Gasteiger partial charge in [-0.2, -0.15) is 0 Å². The zero-order valence-electron chi connectivity index (χ0n) is 8.81. The van der Waals surface area contributed by atoms with E-state index in [2.05, 4.69) is 13.8 Å². The molecule has 0 aromatic carbocycles. The van der Waals surface area contributed by atoms with Crippen molar-refractivity contribution in [3.63, 3.8) is 0 Å². The summed E-state index contributed by atoms with van der Waals surface area (Å²) < 4.78 is 0. The first-order chi connectivity index (χ1) is 5.86. The molecule has 2 atom stereocenters. The Bertz CT molecular complexity index is 90.6. The predicted molar refractivity (Wildman–Crippen MR) is 55.3 cm³/mol. The van der Waals surface area contributed by atoms with Crippen molar-refractivity contribution < 1.29 is 0 Å². The van der Waals surface area contributed by atoms with Crippen LogP contribution in [0.1, 0.15) is 65.2 Å². The van der Waals surface area contributed by atoms with Crippen LogP contribution in [0.5, 0.6) is 0 Å². The molecular weight excluding hydrogens is 144 g/mol. The lowest BCUT2D eigenvalue weighted by atomic mass is 9.78. The van der Waals surface area contributed by atoms with Crippen molar-refractivity contribution in [2.24, 2.45) is 11.8 Å². The maximum atomic E-state index is 2.32. The van der Waals surface area contributed by atoms with Gasteiger partial charge in [0.25, 0.3) is 0 Å². The summed E-state index contributed by atoms with van der Waals surface area (Å²) in [7, 11) is 0. The van der Waals surface area contributed by atoms with Gasteiger partial charge in [0.1, 0.15) is 0 Å². The van der Waals surface area contributed by atoms with Gasteiger partial charge in [-0.05, 0) is 18.3 Å². The largest absolute Gasteiger partial charge is 0.0654 e. The molecule has 1 fully saturated rings. The van der Waals surface area contributed by atoms with E-state index in [0.29, 0.717) is 0 Å². The molecule has 0 radical (unpaired) electrons. The maximum Gasteiger partial charge on any atom is -0.0412 e. The zero-order valence-corrected chi connectivity index (χ0v) is 8.81. The molecule has 2 unspecified atom stereocenters. The van der Waals surface area contributed by atoms with Crippen LogP contribution in [0.3, 0.4) is 0 Å². The normalized spacial score (nSPS) is 30.5. The second-order valence-electron chi connectivity index (χ2n) is 4.48. The smallest absolute Gasteiger partial charge is 0.0412 e. The molecule has 0 aromatic rings. The Morgan fingerprint density at radius 1 is 0.917 bits per heavy atom. The third kappa shape index (κ3) is 3.16. The Morgan fingerprint density at radius 2 is 1.42 bits per heavy atom. The highest BCUT2D eigenvalue weighted by atomic mass is 14.3. The molecule has 72 valence electrons. The lowest BCUT2D eigenvalue weighted by Crippen LogP contribution is -2.15. The van der Waals surface area contributed by atoms with Crippen LogP contribution in [-0.2, 0) is 0 Å². The minimum atomic E-state index is 1.08. The molecule has 0 bridgehead atoms. The standard InChI is InChI=1S/C12H24/c1-3-6-11-8-5-9-12(10-11)7-4-2/h11-12H,3-10H2,1-2H3. The first-order valence-corrected chi connectivity index (χ1v) is 5.86. The van der Waals surface area contributed by atoms with Gasteiger partial charge in [0.15, 0.2) is 0 Å². The summed E-state index contributed by atoms with van der Waals surface area (Å²) in [5.41, 5.74) is 0. The van der Waals surface area contributed by atoms with E-state index >= 15 is 0 Å². The summed E-state index contributed by atoms with van der Waals surface area (Å²) in [5, 5.41) is 0. The second-order valence-corrected chi connectivity index (χ2v) is 4.48. The van der Waals surface area contributed by atoms with Crippen molar-refractivity contribution in [2.75, 3.05) is 0 Å². The lowest BCUT2D eigenvalue weighted by molar-refractivity contribution is 0.242. The fourth-order valence-electron chi connectivity index (χ4n) is 2.74. The van der Waals surface area contributed by atoms with Crippen LogP contribution in [0.4, 0.5) is 0 Å². The molecule has 0 aliphatic heterocycles. The number of hydrogen-bond acceptors (Lipinski definition) is 0. The van der Waals surface area contributed by atoms with E-state index in [1.165, 1.54) is 44.9 Å². The van der Waals surface area contributed by atoms with Crippen LogP contribution in [0.25, 0.3) is 0 Å². The second kappa shape index (κ2) is 5.61. The molecule has 1 saturated carbocycles. The van der Waals surface area contributed by atoms with Crippen LogP contribution in [-0.4, -0.2) is 0 Å². The molecular formula is C12H24. The molecule has 0 aromatic heterocycles. The van der Waals surface area contributed by atoms with E-state index in [4.69, 9.17) is 0 Å². The molecule has 12 heavy (non-hydrogen) atoms. The average Bonchev–Trinajstić information content (AvgIpc) is 2.06. The summed E-state index contributed by atoms with van der Waals surface area (Å²) in [5.74, 6) is 2.17. The molecule has 0 heteroatoms. The summed E-state index contributed by atoms with van der Waals surface area (Å²) in [6.07, 6.45) is 11.9. The van der Waals surface area contributed by atoms with Crippen LogP contribution in [0, 0.1) is 11.8 Å². The highest BCUT2D eigenvalue weighted by Gasteiger charge is 2.20. The minimum absolute atomic E-state index is 1.08. The van der Waals surface area contributed by atoms with Gasteiger partial charge in [-0.3, -0.25) is 0 Å². The first kappa shape index (κ1) is 10.1. The SMILES string of the molecule is CCCC1CCCC(CCC)C1. The Labute approximate surface area is 77.7 Å². The van der Waals surface area contributed by atoms with Crippen molar-refractivity contribution in [1.29, 1.82) is 0 Å². The molecule has 1 aliphatic carbocycles. The fourth-order valence-corrected chi connectivity index (χ4v) is 2.74. The summed E-state index contributed by atoms with van der Waals surface area (Å²) >= 11 is 0. The van der Waals surface area contributed by atoms with Crippen molar-refractivity contribution in [3.05, 3.63) is 0 Å². The minimum Gasteiger partial charge on any atom is -0.0654 e. The first-order valence-electron chi connectivity index (χ1n) is 5.86. The van der Waals surface area contributed by atoms with Crippen LogP contribution >= 0.6 is 0 Å². The van der Waals surface area contributed by atoms with Crippen molar-refractivity contribution in [3.8, 4) is 0 Å². The van der Waals surface area contributed by atoms with Crippen LogP contribution in [0.2, 0.25) is 0 Å². The Hall–Kier alpha value is 0. The molecule has 1 aliphatic rings. The molecule has 0 N–H and O–H groups in total. The average molecular weight is 168 g/mol. The highest BCUT2D eigenvalue weighted by molar-refractivity contribution is 4.72. The van der Waals surface area contributed by atoms with Crippen LogP contribution < -0.4 is 0 Å². The fraction of sp³-hybridized carbons (Fsp3) is 1.00. The van der Waals surface area contributed by atoms with E-state index in [9.17, 15) is 0 Å². The summed E-state index contributed by atoms with van der Waals surface area (Å²) in [4.78, 5) is 0. The molecule has 1 rings (SSSR count). The maximum absolute atomic E-state index is 2.32. The van der Waals surface area contributed by atoms with E-state index in [1.54, 1.807) is 6.42 Å². The van der Waals surface area contributed by atoms with E-state index < -0.39 is 0 Å². The Kier molecular flexibility index (Phi) is 4.72. The van der Waals surface area contributed by atoms with Crippen molar-refractivity contribution in [2.45, 2.75) is 65.2 Å². The van der Waals surface area contributed by atoms with E-state index in [-0.39, 0.29) is 0 Å². The van der Waals surface area contributed by atoms with E-state index in [1.807, 2.05) is 0 Å². The third-order valence-corrected chi connectivity index (χ3v) is 3.29.